The number of esters is 2. The van der Waals surface area contributed by atoms with Crippen molar-refractivity contribution in [3.05, 3.63) is 142 Å². The second-order valence-electron chi connectivity index (χ2n) is 12.9. The molecule has 0 bridgehead atoms. The zero-order valence-electron chi connectivity index (χ0n) is 30.3. The van der Waals surface area contributed by atoms with Crippen LogP contribution in [0.15, 0.2) is 97.1 Å². The zero-order chi connectivity index (χ0) is 38.3. The van der Waals surface area contributed by atoms with E-state index in [0.717, 1.165) is 11.1 Å². The fourth-order valence-electron chi connectivity index (χ4n) is 6.81. The van der Waals surface area contributed by atoms with E-state index in [-0.39, 0.29) is 65.7 Å². The number of carbonyl (C=O) groups excluding carboxylic acids is 2. The Bertz CT molecular complexity index is 2320. The van der Waals surface area contributed by atoms with E-state index >= 15 is 0 Å². The minimum Gasteiger partial charge on any atom is -0.456 e. The van der Waals surface area contributed by atoms with Crippen molar-refractivity contribution in [1.82, 2.24) is 19.5 Å². The third-order valence-corrected chi connectivity index (χ3v) is 9.39. The lowest BCUT2D eigenvalue weighted by molar-refractivity contribution is 0.0266. The lowest BCUT2D eigenvalue weighted by Gasteiger charge is -2.22. The molecule has 2 N–H and O–H groups in total. The van der Waals surface area contributed by atoms with Crippen LogP contribution in [0.5, 0.6) is 5.75 Å². The van der Waals surface area contributed by atoms with Crippen LogP contribution in [0.1, 0.15) is 66.8 Å². The van der Waals surface area contributed by atoms with E-state index in [4.69, 9.17) is 34.4 Å². The van der Waals surface area contributed by atoms with Crippen molar-refractivity contribution in [3.8, 4) is 17.5 Å². The number of fused-ring (bicyclic) bond motifs is 1. The molecule has 1 saturated heterocycles. The Balaban J connectivity index is 1.46. The molecule has 1 aliphatic heterocycles. The van der Waals surface area contributed by atoms with E-state index in [1.165, 1.54) is 24.9 Å². The van der Waals surface area contributed by atoms with E-state index in [1.54, 1.807) is 30.3 Å². The van der Waals surface area contributed by atoms with Crippen molar-refractivity contribution in [2.75, 3.05) is 33.2 Å². The molecule has 1 unspecified atom stereocenters. The Kier molecular flexibility index (Phi) is 11.2. The Morgan fingerprint density at radius 1 is 0.891 bits per heavy atom. The zero-order valence-corrected chi connectivity index (χ0v) is 30.3. The Morgan fingerprint density at radius 2 is 1.53 bits per heavy atom. The fourth-order valence-corrected chi connectivity index (χ4v) is 6.81. The number of nitriles is 1. The number of aromatic nitrogens is 4. The molecule has 1 fully saturated rings. The highest BCUT2D eigenvalue weighted by molar-refractivity contribution is 5.96. The van der Waals surface area contributed by atoms with Crippen LogP contribution in [-0.2, 0) is 38.6 Å². The van der Waals surface area contributed by atoms with E-state index in [0.29, 0.717) is 41.8 Å². The number of anilines is 1. The summed E-state index contributed by atoms with van der Waals surface area (Å²) in [6.07, 6.45) is 0.428. The third-order valence-electron chi connectivity index (χ3n) is 9.39. The quantitative estimate of drug-likeness (QED) is 0.107. The average molecular weight is 739 g/mol. The van der Waals surface area contributed by atoms with Crippen molar-refractivity contribution >= 4 is 29.1 Å². The summed E-state index contributed by atoms with van der Waals surface area (Å²) in [6.45, 7) is 0.584. The van der Waals surface area contributed by atoms with Gasteiger partial charge in [-0.3, -0.25) is 4.57 Å². The molecule has 7 rings (SSSR count). The molecular weight excluding hydrogens is 700 g/mol. The molecule has 4 aromatic carbocycles. The maximum absolute atomic E-state index is 14.0. The van der Waals surface area contributed by atoms with Gasteiger partial charge in [0.15, 0.2) is 11.4 Å². The van der Waals surface area contributed by atoms with Crippen LogP contribution in [0, 0.1) is 11.3 Å². The monoisotopic (exact) mass is 738 g/mol. The van der Waals surface area contributed by atoms with Gasteiger partial charge >= 0.3 is 11.9 Å². The normalized spacial score (nSPS) is 13.9. The summed E-state index contributed by atoms with van der Waals surface area (Å²) in [5.74, 6) is -1.64. The lowest BCUT2D eigenvalue weighted by atomic mass is 9.87. The molecule has 0 aliphatic carbocycles. The van der Waals surface area contributed by atoms with Gasteiger partial charge in [0, 0.05) is 44.1 Å². The molecule has 55 heavy (non-hydrogen) atoms. The summed E-state index contributed by atoms with van der Waals surface area (Å²) in [7, 11) is 2.97. The van der Waals surface area contributed by atoms with Crippen LogP contribution >= 0.6 is 0 Å². The van der Waals surface area contributed by atoms with Crippen molar-refractivity contribution in [1.29, 1.82) is 5.26 Å². The van der Waals surface area contributed by atoms with Crippen molar-refractivity contribution in [2.45, 2.75) is 38.1 Å². The summed E-state index contributed by atoms with van der Waals surface area (Å²) < 4.78 is 30.2. The molecule has 0 radical (unpaired) electrons. The molecule has 278 valence electrons. The average Bonchev–Trinajstić information content (AvgIpc) is 3.86. The number of rotatable bonds is 13. The van der Waals surface area contributed by atoms with Gasteiger partial charge in [-0.2, -0.15) is 10.2 Å². The van der Waals surface area contributed by atoms with Crippen LogP contribution in [0.3, 0.4) is 0 Å². The molecule has 6 aromatic rings. The fraction of sp³-hybridized carbons (Fsp3) is 0.238. The molecule has 13 heteroatoms. The first-order valence-corrected chi connectivity index (χ1v) is 17.7. The van der Waals surface area contributed by atoms with Gasteiger partial charge in [-0.05, 0) is 29.3 Å². The highest BCUT2D eigenvalue weighted by atomic mass is 16.6. The minimum atomic E-state index is -0.675. The van der Waals surface area contributed by atoms with Gasteiger partial charge in [-0.15, -0.1) is 0 Å². The number of carbonyl (C=O) groups is 2. The predicted molar refractivity (Wildman–Crippen MR) is 202 cm³/mol. The highest BCUT2D eigenvalue weighted by Crippen LogP contribution is 2.39. The number of nitrogens with zero attached hydrogens (tertiary/aromatic N) is 5. The number of imidazole rings is 1. The van der Waals surface area contributed by atoms with Crippen LogP contribution in [0.2, 0.25) is 0 Å². The molecule has 3 heterocycles. The topological polar surface area (TPSA) is 174 Å². The predicted octanol–water partition coefficient (Wildman–Crippen LogP) is 6.10. The van der Waals surface area contributed by atoms with Gasteiger partial charge < -0.3 is 29.4 Å². The van der Waals surface area contributed by atoms with E-state index in [9.17, 15) is 14.9 Å². The van der Waals surface area contributed by atoms with Crippen molar-refractivity contribution in [3.63, 3.8) is 0 Å². The number of nitrogens with two attached hydrogens (primary N) is 1. The van der Waals surface area contributed by atoms with Crippen LogP contribution in [0.25, 0.3) is 16.9 Å². The molecule has 0 saturated carbocycles. The second-order valence-corrected chi connectivity index (χ2v) is 12.9. The summed E-state index contributed by atoms with van der Waals surface area (Å²) >= 11 is 0. The van der Waals surface area contributed by atoms with Gasteiger partial charge in [0.1, 0.15) is 17.7 Å². The smallest absolute Gasteiger partial charge is 0.343 e. The van der Waals surface area contributed by atoms with Crippen molar-refractivity contribution in [2.24, 2.45) is 0 Å². The number of benzene rings is 4. The van der Waals surface area contributed by atoms with Gasteiger partial charge in [0.05, 0.1) is 48.9 Å². The molecule has 13 nitrogen and oxygen atoms in total. The van der Waals surface area contributed by atoms with Crippen LogP contribution in [-0.4, -0.2) is 65.0 Å². The Hall–Kier alpha value is -6.46. The van der Waals surface area contributed by atoms with Gasteiger partial charge in [-0.1, -0.05) is 78.9 Å². The van der Waals surface area contributed by atoms with E-state index < -0.39 is 18.0 Å². The summed E-state index contributed by atoms with van der Waals surface area (Å²) in [5.41, 5.74) is 11.1. The number of hydrogen-bond donors (Lipinski definition) is 1. The molecule has 1 aliphatic rings. The van der Waals surface area contributed by atoms with Crippen molar-refractivity contribution < 1.29 is 33.3 Å². The SMILES string of the molecule is COCc1c(C(=O)OC2CCOC2)cc(-n2c(N)nc3c(CC(c4ccccc4)c4ccccc4)nc(C#N)nc32)c(OC(=O)c2ccccc2)c1COC. The molecule has 1 atom stereocenters. The Morgan fingerprint density at radius 3 is 2.13 bits per heavy atom. The minimum absolute atomic E-state index is 0.0274. The number of ether oxygens (including phenoxy) is 5. The van der Waals surface area contributed by atoms with Gasteiger partial charge in [0.25, 0.3) is 0 Å². The molecular formula is C42H38N6O7. The van der Waals surface area contributed by atoms with Crippen LogP contribution < -0.4 is 10.5 Å². The largest absolute Gasteiger partial charge is 0.456 e. The third kappa shape index (κ3) is 7.78. The summed E-state index contributed by atoms with van der Waals surface area (Å²) in [6, 6.07) is 32.0. The number of methoxy groups -OCH3 is 2. The maximum atomic E-state index is 14.0. The lowest BCUT2D eigenvalue weighted by Crippen LogP contribution is -2.22. The van der Waals surface area contributed by atoms with Gasteiger partial charge in [-0.25, -0.2) is 19.6 Å². The Labute approximate surface area is 317 Å². The van der Waals surface area contributed by atoms with E-state index in [2.05, 4.69) is 16.0 Å². The molecule has 0 amide bonds. The first-order chi connectivity index (χ1) is 26.9. The number of hydrogen-bond acceptors (Lipinski definition) is 12. The van der Waals surface area contributed by atoms with Crippen LogP contribution in [0.4, 0.5) is 5.95 Å². The van der Waals surface area contributed by atoms with E-state index in [1.807, 2.05) is 60.7 Å². The second kappa shape index (κ2) is 16.7. The highest BCUT2D eigenvalue weighted by Gasteiger charge is 2.31. The number of nitrogen functional groups attached to an aromatic ring is 1. The van der Waals surface area contributed by atoms with Gasteiger partial charge in [0.2, 0.25) is 11.8 Å². The first kappa shape index (κ1) is 36.9. The summed E-state index contributed by atoms with van der Waals surface area (Å²) in [4.78, 5) is 41.8. The maximum Gasteiger partial charge on any atom is 0.343 e. The molecule has 2 aromatic heterocycles. The summed E-state index contributed by atoms with van der Waals surface area (Å²) in [5, 5.41) is 10.2. The first-order valence-electron chi connectivity index (χ1n) is 17.7. The molecule has 0 spiro atoms. The standard InChI is InChI=1S/C42H38N6O7/c1-51-24-32-31(41(50)54-29-18-19-53-23-29)21-35(38(33(32)25-52-2)55-40(49)28-16-10-5-11-17-28)48-39-37(47-42(48)44)34(45-36(22-43)46-39)20-30(26-12-6-3-7-13-26)27-14-8-4-9-15-27/h3-17,21,29-30H,18-20,23-25H2,1-2H3,(H2,44,47).